The highest BCUT2D eigenvalue weighted by molar-refractivity contribution is 5.90. The second kappa shape index (κ2) is 1.77. The summed E-state index contributed by atoms with van der Waals surface area (Å²) in [6, 6.07) is 0. The second-order valence-electron chi connectivity index (χ2n) is 4.46. The highest BCUT2D eigenvalue weighted by Crippen LogP contribution is 2.53. The Hall–Kier alpha value is -0.590. The third-order valence-corrected chi connectivity index (χ3v) is 3.16. The molecular weight excluding hydrogens is 136 g/mol. The lowest BCUT2D eigenvalue weighted by Crippen LogP contribution is -2.41. The van der Waals surface area contributed by atoms with E-state index in [1.807, 2.05) is 0 Å². The van der Waals surface area contributed by atoms with Crippen LogP contribution in [0.4, 0.5) is 0 Å². The zero-order valence-electron chi connectivity index (χ0n) is 7.35. The number of fused-ring (bicyclic) bond motifs is 1. The summed E-state index contributed by atoms with van der Waals surface area (Å²) in [5.41, 5.74) is 1.57. The Labute approximate surface area is 67.5 Å². The van der Waals surface area contributed by atoms with E-state index in [-0.39, 0.29) is 5.41 Å². The van der Waals surface area contributed by atoms with E-state index < -0.39 is 0 Å². The molecule has 1 saturated carbocycles. The van der Waals surface area contributed by atoms with Gasteiger partial charge in [-0.25, -0.2) is 0 Å². The number of rotatable bonds is 0. The summed E-state index contributed by atoms with van der Waals surface area (Å²) >= 11 is 0. The molecule has 2 aliphatic carbocycles. The van der Waals surface area contributed by atoms with Gasteiger partial charge in [0.2, 0.25) is 0 Å². The Bertz CT molecular complexity index is 248. The fourth-order valence-electron chi connectivity index (χ4n) is 2.67. The standard InChI is InChI=1S/C10H14O/c1-6-5-10(2,3)9-7(6)4-8(9)11/h5,7,9H,4H2,1-3H3/t7-,9+/m1/s1. The lowest BCUT2D eigenvalue weighted by Gasteiger charge is -2.38. The molecule has 0 aromatic rings. The van der Waals surface area contributed by atoms with Crippen molar-refractivity contribution in [2.24, 2.45) is 17.3 Å². The van der Waals surface area contributed by atoms with Crippen molar-refractivity contribution in [3.05, 3.63) is 11.6 Å². The van der Waals surface area contributed by atoms with E-state index in [1.54, 1.807) is 0 Å². The molecular formula is C10H14O. The number of ketones is 1. The first-order chi connectivity index (χ1) is 5.02. The zero-order valence-corrected chi connectivity index (χ0v) is 7.35. The van der Waals surface area contributed by atoms with E-state index in [9.17, 15) is 4.79 Å². The summed E-state index contributed by atoms with van der Waals surface area (Å²) in [4.78, 5) is 11.2. The third kappa shape index (κ3) is 0.741. The smallest absolute Gasteiger partial charge is 0.138 e. The molecule has 0 radical (unpaired) electrons. The summed E-state index contributed by atoms with van der Waals surface area (Å²) in [7, 11) is 0. The van der Waals surface area contributed by atoms with Gasteiger partial charge in [-0.2, -0.15) is 0 Å². The number of allylic oxidation sites excluding steroid dienone is 2. The number of hydrogen-bond acceptors (Lipinski definition) is 1. The van der Waals surface area contributed by atoms with E-state index in [0.29, 0.717) is 17.6 Å². The predicted molar refractivity (Wildman–Crippen MR) is 44.1 cm³/mol. The fourth-order valence-corrected chi connectivity index (χ4v) is 2.67. The van der Waals surface area contributed by atoms with Gasteiger partial charge in [-0.1, -0.05) is 25.5 Å². The number of Topliss-reactive ketones (excluding diaryl/α,β-unsaturated/α-hetero) is 1. The molecule has 0 bridgehead atoms. The first-order valence-electron chi connectivity index (χ1n) is 4.24. The minimum Gasteiger partial charge on any atom is -0.299 e. The Morgan fingerprint density at radius 3 is 2.55 bits per heavy atom. The van der Waals surface area contributed by atoms with Crippen LogP contribution in [-0.2, 0) is 4.79 Å². The molecule has 2 rings (SSSR count). The van der Waals surface area contributed by atoms with Crippen molar-refractivity contribution in [2.45, 2.75) is 27.2 Å². The van der Waals surface area contributed by atoms with Gasteiger partial charge < -0.3 is 0 Å². The fraction of sp³-hybridized carbons (Fsp3) is 0.700. The molecule has 0 N–H and O–H groups in total. The normalized spacial score (nSPS) is 39.5. The molecule has 1 heteroatoms. The van der Waals surface area contributed by atoms with Gasteiger partial charge in [-0.15, -0.1) is 0 Å². The van der Waals surface area contributed by atoms with Gasteiger partial charge in [0.25, 0.3) is 0 Å². The van der Waals surface area contributed by atoms with E-state index in [1.165, 1.54) is 5.57 Å². The van der Waals surface area contributed by atoms with Gasteiger partial charge in [-0.3, -0.25) is 4.79 Å². The van der Waals surface area contributed by atoms with Crippen LogP contribution in [0.1, 0.15) is 27.2 Å². The summed E-state index contributed by atoms with van der Waals surface area (Å²) in [5, 5.41) is 0. The van der Waals surface area contributed by atoms with E-state index in [2.05, 4.69) is 26.8 Å². The Morgan fingerprint density at radius 1 is 1.55 bits per heavy atom. The van der Waals surface area contributed by atoms with E-state index in [0.717, 1.165) is 6.42 Å². The van der Waals surface area contributed by atoms with Crippen molar-refractivity contribution in [3.63, 3.8) is 0 Å². The lowest BCUT2D eigenvalue weighted by molar-refractivity contribution is -0.135. The van der Waals surface area contributed by atoms with Crippen LogP contribution in [0, 0.1) is 17.3 Å². The van der Waals surface area contributed by atoms with E-state index in [4.69, 9.17) is 0 Å². The molecule has 0 aromatic carbocycles. The maximum Gasteiger partial charge on any atom is 0.138 e. The zero-order chi connectivity index (χ0) is 8.22. The Balaban J connectivity index is 2.34. The number of carbonyl (C=O) groups excluding carboxylic acids is 1. The number of hydrogen-bond donors (Lipinski definition) is 0. The van der Waals surface area contributed by atoms with Crippen LogP contribution in [0.3, 0.4) is 0 Å². The van der Waals surface area contributed by atoms with Gasteiger partial charge >= 0.3 is 0 Å². The maximum absolute atomic E-state index is 11.2. The van der Waals surface area contributed by atoms with Crippen molar-refractivity contribution < 1.29 is 4.79 Å². The molecule has 0 unspecified atom stereocenters. The maximum atomic E-state index is 11.2. The molecule has 0 amide bonds. The van der Waals surface area contributed by atoms with Crippen LogP contribution in [0.2, 0.25) is 0 Å². The second-order valence-corrected chi connectivity index (χ2v) is 4.46. The average Bonchev–Trinajstić information content (AvgIpc) is 1.95. The van der Waals surface area contributed by atoms with Crippen LogP contribution in [-0.4, -0.2) is 5.78 Å². The Kier molecular flexibility index (Phi) is 1.14. The molecule has 0 heterocycles. The first kappa shape index (κ1) is 7.08. The predicted octanol–water partition coefficient (Wildman–Crippen LogP) is 2.18. The molecule has 2 aliphatic rings. The van der Waals surface area contributed by atoms with Crippen LogP contribution >= 0.6 is 0 Å². The van der Waals surface area contributed by atoms with Crippen LogP contribution in [0.15, 0.2) is 11.6 Å². The molecule has 0 aromatic heterocycles. The van der Waals surface area contributed by atoms with Crippen molar-refractivity contribution in [1.82, 2.24) is 0 Å². The summed E-state index contributed by atoms with van der Waals surface area (Å²) in [5.74, 6) is 1.38. The molecule has 11 heavy (non-hydrogen) atoms. The highest BCUT2D eigenvalue weighted by atomic mass is 16.1. The van der Waals surface area contributed by atoms with Crippen molar-refractivity contribution >= 4 is 5.78 Å². The molecule has 0 spiro atoms. The largest absolute Gasteiger partial charge is 0.299 e. The van der Waals surface area contributed by atoms with Gasteiger partial charge in [0.05, 0.1) is 0 Å². The summed E-state index contributed by atoms with van der Waals surface area (Å²) in [6.45, 7) is 6.48. The average molecular weight is 150 g/mol. The van der Waals surface area contributed by atoms with Crippen LogP contribution < -0.4 is 0 Å². The third-order valence-electron chi connectivity index (χ3n) is 3.16. The molecule has 0 aliphatic heterocycles. The van der Waals surface area contributed by atoms with Gasteiger partial charge in [0.1, 0.15) is 5.78 Å². The van der Waals surface area contributed by atoms with Crippen molar-refractivity contribution in [3.8, 4) is 0 Å². The minimum absolute atomic E-state index is 0.143. The highest BCUT2D eigenvalue weighted by Gasteiger charge is 2.52. The molecule has 2 atom stereocenters. The van der Waals surface area contributed by atoms with Crippen molar-refractivity contribution in [2.75, 3.05) is 0 Å². The van der Waals surface area contributed by atoms with Gasteiger partial charge in [0.15, 0.2) is 0 Å². The lowest BCUT2D eigenvalue weighted by atomic mass is 9.64. The number of carbonyl (C=O) groups is 1. The Morgan fingerprint density at radius 2 is 2.18 bits per heavy atom. The summed E-state index contributed by atoms with van der Waals surface area (Å²) < 4.78 is 0. The topological polar surface area (TPSA) is 17.1 Å². The van der Waals surface area contributed by atoms with Crippen LogP contribution in [0.25, 0.3) is 0 Å². The molecule has 1 fully saturated rings. The van der Waals surface area contributed by atoms with Crippen LogP contribution in [0.5, 0.6) is 0 Å². The minimum atomic E-state index is 0.143. The quantitative estimate of drug-likeness (QED) is 0.484. The first-order valence-corrected chi connectivity index (χ1v) is 4.24. The van der Waals surface area contributed by atoms with E-state index >= 15 is 0 Å². The molecule has 1 nitrogen and oxygen atoms in total. The summed E-state index contributed by atoms with van der Waals surface area (Å²) in [6.07, 6.45) is 3.07. The SMILES string of the molecule is CC1=CC(C)(C)[C@@H]2C(=O)C[C@H]12. The molecule has 0 saturated heterocycles. The van der Waals surface area contributed by atoms with Gasteiger partial charge in [-0.05, 0) is 18.3 Å². The monoisotopic (exact) mass is 150 g/mol. The molecule has 60 valence electrons. The van der Waals surface area contributed by atoms with Crippen molar-refractivity contribution in [1.29, 1.82) is 0 Å². The van der Waals surface area contributed by atoms with Gasteiger partial charge in [0, 0.05) is 12.3 Å².